The summed E-state index contributed by atoms with van der Waals surface area (Å²) in [7, 11) is 1.49. The molecule has 0 saturated carbocycles. The number of benzene rings is 1. The summed E-state index contributed by atoms with van der Waals surface area (Å²) in [5.41, 5.74) is 0.791. The summed E-state index contributed by atoms with van der Waals surface area (Å²) in [6.45, 7) is 0. The highest BCUT2D eigenvalue weighted by Crippen LogP contribution is 2.32. The minimum absolute atomic E-state index is 0.00179. The van der Waals surface area contributed by atoms with E-state index in [1.54, 1.807) is 18.2 Å². The Hall–Kier alpha value is -2.14. The minimum Gasteiger partial charge on any atom is -0.496 e. The van der Waals surface area contributed by atoms with Crippen LogP contribution in [0.4, 0.5) is 0 Å². The molecule has 5 nitrogen and oxygen atoms in total. The number of aromatic nitrogens is 2. The summed E-state index contributed by atoms with van der Waals surface area (Å²) < 4.78 is 5.18. The highest BCUT2D eigenvalue weighted by atomic mass is 35.5. The number of rotatable bonds is 3. The maximum Gasteiger partial charge on any atom is 0.339 e. The first-order chi connectivity index (χ1) is 8.63. The van der Waals surface area contributed by atoms with Gasteiger partial charge in [-0.15, -0.1) is 0 Å². The van der Waals surface area contributed by atoms with Crippen molar-refractivity contribution in [1.29, 1.82) is 0 Å². The number of carboxylic acid groups (broad SMARTS) is 1. The van der Waals surface area contributed by atoms with Gasteiger partial charge < -0.3 is 9.84 Å². The SMILES string of the molecule is COc1ccc(Cl)cc1-c1ncncc1C(=O)O. The summed E-state index contributed by atoms with van der Waals surface area (Å²) in [6.07, 6.45) is 2.52. The molecule has 1 aromatic carbocycles. The number of aromatic carboxylic acids is 1. The quantitative estimate of drug-likeness (QED) is 0.922. The molecular weight excluding hydrogens is 256 g/mol. The second-order valence-electron chi connectivity index (χ2n) is 3.43. The average molecular weight is 265 g/mol. The van der Waals surface area contributed by atoms with Gasteiger partial charge in [-0.1, -0.05) is 11.6 Å². The molecule has 0 unspecified atom stereocenters. The van der Waals surface area contributed by atoms with Crippen molar-refractivity contribution in [3.8, 4) is 17.0 Å². The average Bonchev–Trinajstić information content (AvgIpc) is 2.38. The number of hydrogen-bond donors (Lipinski definition) is 1. The van der Waals surface area contributed by atoms with Crippen molar-refractivity contribution in [2.45, 2.75) is 0 Å². The van der Waals surface area contributed by atoms with Crippen LogP contribution >= 0.6 is 11.6 Å². The van der Waals surface area contributed by atoms with E-state index in [0.717, 1.165) is 0 Å². The van der Waals surface area contributed by atoms with Gasteiger partial charge in [0.1, 0.15) is 17.6 Å². The molecule has 0 radical (unpaired) electrons. The normalized spacial score (nSPS) is 10.1. The van der Waals surface area contributed by atoms with Crippen LogP contribution < -0.4 is 4.74 Å². The van der Waals surface area contributed by atoms with Crippen molar-refractivity contribution in [1.82, 2.24) is 9.97 Å². The first-order valence-electron chi connectivity index (χ1n) is 5.00. The fraction of sp³-hybridized carbons (Fsp3) is 0.0833. The Morgan fingerprint density at radius 1 is 1.44 bits per heavy atom. The van der Waals surface area contributed by atoms with Crippen LogP contribution in [0.1, 0.15) is 10.4 Å². The van der Waals surface area contributed by atoms with Crippen LogP contribution in [0.15, 0.2) is 30.7 Å². The number of carbonyl (C=O) groups is 1. The lowest BCUT2D eigenvalue weighted by atomic mass is 10.1. The van der Waals surface area contributed by atoms with Crippen molar-refractivity contribution in [3.63, 3.8) is 0 Å². The maximum absolute atomic E-state index is 11.1. The highest BCUT2D eigenvalue weighted by Gasteiger charge is 2.17. The van der Waals surface area contributed by atoms with Crippen LogP contribution in [0.25, 0.3) is 11.3 Å². The number of hydrogen-bond acceptors (Lipinski definition) is 4. The van der Waals surface area contributed by atoms with Crippen LogP contribution in [0.3, 0.4) is 0 Å². The molecular formula is C12H9ClN2O3. The third-order valence-corrected chi connectivity index (χ3v) is 2.59. The Kier molecular flexibility index (Phi) is 3.43. The van der Waals surface area contributed by atoms with Gasteiger partial charge in [0.2, 0.25) is 0 Å². The first kappa shape index (κ1) is 12.3. The topological polar surface area (TPSA) is 72.3 Å². The third kappa shape index (κ3) is 2.26. The van der Waals surface area contributed by atoms with Gasteiger partial charge in [-0.05, 0) is 18.2 Å². The molecule has 0 amide bonds. The predicted molar refractivity (Wildman–Crippen MR) is 66.0 cm³/mol. The molecule has 0 aliphatic rings. The van der Waals surface area contributed by atoms with Crippen molar-refractivity contribution >= 4 is 17.6 Å². The molecule has 0 aliphatic carbocycles. The zero-order chi connectivity index (χ0) is 13.1. The molecule has 0 fully saturated rings. The smallest absolute Gasteiger partial charge is 0.339 e. The van der Waals surface area contributed by atoms with E-state index in [4.69, 9.17) is 21.4 Å². The summed E-state index contributed by atoms with van der Waals surface area (Å²) in [4.78, 5) is 18.8. The zero-order valence-corrected chi connectivity index (χ0v) is 10.2. The van der Waals surface area contributed by atoms with Gasteiger partial charge >= 0.3 is 5.97 Å². The van der Waals surface area contributed by atoms with E-state index < -0.39 is 5.97 Å². The highest BCUT2D eigenvalue weighted by molar-refractivity contribution is 6.31. The number of carboxylic acids is 1. The van der Waals surface area contributed by atoms with Gasteiger partial charge in [-0.25, -0.2) is 14.8 Å². The van der Waals surface area contributed by atoms with Crippen molar-refractivity contribution in [2.24, 2.45) is 0 Å². The van der Waals surface area contributed by atoms with Crippen LogP contribution in [-0.2, 0) is 0 Å². The molecule has 18 heavy (non-hydrogen) atoms. The Balaban J connectivity index is 2.68. The lowest BCUT2D eigenvalue weighted by molar-refractivity contribution is 0.0697. The Labute approximate surface area is 108 Å². The van der Waals surface area contributed by atoms with Crippen LogP contribution in [0, 0.1) is 0 Å². The van der Waals surface area contributed by atoms with Crippen LogP contribution in [-0.4, -0.2) is 28.2 Å². The fourth-order valence-electron chi connectivity index (χ4n) is 1.57. The number of methoxy groups -OCH3 is 1. The van der Waals surface area contributed by atoms with E-state index in [1.165, 1.54) is 19.6 Å². The number of nitrogens with zero attached hydrogens (tertiary/aromatic N) is 2. The van der Waals surface area contributed by atoms with Gasteiger partial charge in [0.05, 0.1) is 12.8 Å². The van der Waals surface area contributed by atoms with Crippen molar-refractivity contribution in [3.05, 3.63) is 41.3 Å². The van der Waals surface area contributed by atoms with Crippen LogP contribution in [0.2, 0.25) is 5.02 Å². The molecule has 0 bridgehead atoms. The Morgan fingerprint density at radius 3 is 2.89 bits per heavy atom. The molecule has 0 aliphatic heterocycles. The molecule has 6 heteroatoms. The molecule has 0 atom stereocenters. The van der Waals surface area contributed by atoms with E-state index in [-0.39, 0.29) is 11.3 Å². The second kappa shape index (κ2) is 5.01. The first-order valence-corrected chi connectivity index (χ1v) is 5.38. The van der Waals surface area contributed by atoms with Crippen LogP contribution in [0.5, 0.6) is 5.75 Å². The van der Waals surface area contributed by atoms with E-state index in [0.29, 0.717) is 16.3 Å². The summed E-state index contributed by atoms with van der Waals surface area (Å²) in [6, 6.07) is 4.92. The monoisotopic (exact) mass is 264 g/mol. The molecule has 2 rings (SSSR count). The molecule has 2 aromatic rings. The largest absolute Gasteiger partial charge is 0.496 e. The fourth-order valence-corrected chi connectivity index (χ4v) is 1.74. The van der Waals surface area contributed by atoms with Gasteiger partial charge in [-0.3, -0.25) is 0 Å². The van der Waals surface area contributed by atoms with Gasteiger partial charge in [0.15, 0.2) is 0 Å². The van der Waals surface area contributed by atoms with E-state index in [2.05, 4.69) is 9.97 Å². The number of halogens is 1. The van der Waals surface area contributed by atoms with E-state index in [1.807, 2.05) is 0 Å². The van der Waals surface area contributed by atoms with Gasteiger partial charge in [-0.2, -0.15) is 0 Å². The minimum atomic E-state index is -1.10. The maximum atomic E-state index is 11.1. The number of ether oxygens (including phenoxy) is 1. The lowest BCUT2D eigenvalue weighted by Gasteiger charge is -2.09. The molecule has 1 heterocycles. The second-order valence-corrected chi connectivity index (χ2v) is 3.87. The molecule has 1 aromatic heterocycles. The molecule has 92 valence electrons. The summed E-state index contributed by atoms with van der Waals surface area (Å²) in [5.74, 6) is -0.603. The molecule has 0 saturated heterocycles. The third-order valence-electron chi connectivity index (χ3n) is 2.36. The predicted octanol–water partition coefficient (Wildman–Crippen LogP) is 2.50. The van der Waals surface area contributed by atoms with E-state index in [9.17, 15) is 4.79 Å². The zero-order valence-electron chi connectivity index (χ0n) is 9.42. The van der Waals surface area contributed by atoms with Gasteiger partial charge in [0, 0.05) is 16.8 Å². The molecule has 1 N–H and O–H groups in total. The Bertz CT molecular complexity index is 602. The summed E-state index contributed by atoms with van der Waals surface area (Å²) >= 11 is 5.91. The van der Waals surface area contributed by atoms with Crippen molar-refractivity contribution < 1.29 is 14.6 Å². The summed E-state index contributed by atoms with van der Waals surface area (Å²) in [5, 5.41) is 9.58. The van der Waals surface area contributed by atoms with E-state index >= 15 is 0 Å². The lowest BCUT2D eigenvalue weighted by Crippen LogP contribution is -2.03. The van der Waals surface area contributed by atoms with Crippen molar-refractivity contribution in [2.75, 3.05) is 7.11 Å². The van der Waals surface area contributed by atoms with Gasteiger partial charge in [0.25, 0.3) is 0 Å². The Morgan fingerprint density at radius 2 is 2.22 bits per heavy atom. The standard InChI is InChI=1S/C12H9ClN2O3/c1-18-10-3-2-7(13)4-8(10)11-9(12(16)17)5-14-6-15-11/h2-6H,1H3,(H,16,17). The molecule has 0 spiro atoms.